The van der Waals surface area contributed by atoms with E-state index in [9.17, 15) is 18.5 Å². The average Bonchev–Trinajstić information content (AvgIpc) is 3.18. The third-order valence-electron chi connectivity index (χ3n) is 5.03. The van der Waals surface area contributed by atoms with Crippen molar-refractivity contribution < 1.29 is 22.8 Å². The van der Waals surface area contributed by atoms with Gasteiger partial charge in [0.25, 0.3) is 22.0 Å². The molecule has 186 valence electrons. The van der Waals surface area contributed by atoms with E-state index in [2.05, 4.69) is 43.5 Å². The Balaban J connectivity index is 1.75. The number of nitrogens with two attached hydrogens (primary N) is 1. The fraction of sp³-hybridized carbons (Fsp3) is 0.0870. The van der Waals surface area contributed by atoms with Crippen LogP contribution in [-0.2, 0) is 10.0 Å². The Morgan fingerprint density at radius 3 is 2.33 bits per heavy atom. The summed E-state index contributed by atoms with van der Waals surface area (Å²) in [6.07, 6.45) is 0.181. The van der Waals surface area contributed by atoms with Gasteiger partial charge in [-0.25, -0.2) is 0 Å². The van der Waals surface area contributed by atoms with Crippen molar-refractivity contribution in [2.24, 2.45) is 0 Å². The van der Waals surface area contributed by atoms with Crippen LogP contribution in [0.15, 0.2) is 81.1 Å². The Kier molecular flexibility index (Phi) is 7.07. The van der Waals surface area contributed by atoms with Gasteiger partial charge in [-0.15, -0.1) is 9.19 Å². The molecule has 36 heavy (non-hydrogen) atoms. The standard InChI is InChI=1S/C23H18Br2N4O6S/c1-3-21(34-22-18(24)11-15(29(30)31)12-19(22)25)35-23-17-10-14(26)6-9-20(17)28(27-23)36(32,33)16-7-4-13(2)5-8-16/h3-12,21H,1,26H2,2H3. The third-order valence-corrected chi connectivity index (χ3v) is 7.81. The molecule has 0 aliphatic heterocycles. The number of aryl methyl sites for hydroxylation is 1. The van der Waals surface area contributed by atoms with Crippen molar-refractivity contribution in [1.82, 2.24) is 9.19 Å². The number of anilines is 1. The van der Waals surface area contributed by atoms with Gasteiger partial charge in [-0.1, -0.05) is 24.3 Å². The van der Waals surface area contributed by atoms with Gasteiger partial charge in [-0.2, -0.15) is 8.42 Å². The zero-order chi connectivity index (χ0) is 26.2. The molecule has 0 spiro atoms. The normalized spacial score (nSPS) is 12.3. The Morgan fingerprint density at radius 2 is 1.75 bits per heavy atom. The molecule has 1 aromatic heterocycles. The van der Waals surface area contributed by atoms with Gasteiger partial charge >= 0.3 is 0 Å². The Morgan fingerprint density at radius 1 is 1.11 bits per heavy atom. The van der Waals surface area contributed by atoms with Gasteiger partial charge in [0.2, 0.25) is 5.88 Å². The molecule has 3 aromatic carbocycles. The van der Waals surface area contributed by atoms with Gasteiger partial charge in [0, 0.05) is 17.8 Å². The summed E-state index contributed by atoms with van der Waals surface area (Å²) in [6, 6.07) is 13.6. The molecule has 0 fully saturated rings. The smallest absolute Gasteiger partial charge is 0.283 e. The SMILES string of the molecule is C=CC(Oc1c(Br)cc([N+](=O)[O-])cc1Br)Oc1nn(S(=O)(=O)c2ccc(C)cc2)c2ccc(N)cc12. The minimum atomic E-state index is -4.06. The molecule has 0 saturated heterocycles. The lowest BCUT2D eigenvalue weighted by Gasteiger charge is -2.18. The summed E-state index contributed by atoms with van der Waals surface area (Å²) < 4.78 is 39.9. The van der Waals surface area contributed by atoms with Crippen molar-refractivity contribution in [3.05, 3.63) is 91.9 Å². The van der Waals surface area contributed by atoms with Crippen LogP contribution in [0.3, 0.4) is 0 Å². The molecule has 1 unspecified atom stereocenters. The highest BCUT2D eigenvalue weighted by atomic mass is 79.9. The molecule has 1 heterocycles. The van der Waals surface area contributed by atoms with Crippen molar-refractivity contribution in [3.63, 3.8) is 0 Å². The Labute approximate surface area is 222 Å². The van der Waals surface area contributed by atoms with E-state index < -0.39 is 21.2 Å². The van der Waals surface area contributed by atoms with Crippen molar-refractivity contribution in [2.75, 3.05) is 5.73 Å². The zero-order valence-corrected chi connectivity index (χ0v) is 22.6. The second-order valence-corrected chi connectivity index (χ2v) is 11.1. The first-order chi connectivity index (χ1) is 17.0. The van der Waals surface area contributed by atoms with E-state index in [1.54, 1.807) is 18.2 Å². The molecule has 10 nitrogen and oxygen atoms in total. The fourth-order valence-corrected chi connectivity index (χ4v) is 5.90. The number of benzene rings is 3. The predicted molar refractivity (Wildman–Crippen MR) is 142 cm³/mol. The lowest BCUT2D eigenvalue weighted by Crippen LogP contribution is -2.22. The van der Waals surface area contributed by atoms with Crippen molar-refractivity contribution in [1.29, 1.82) is 0 Å². The number of nitro groups is 1. The van der Waals surface area contributed by atoms with Crippen molar-refractivity contribution >= 4 is 64.2 Å². The molecule has 4 aromatic rings. The molecular formula is C23H18Br2N4O6S. The van der Waals surface area contributed by atoms with Crippen LogP contribution in [0, 0.1) is 17.0 Å². The highest BCUT2D eigenvalue weighted by molar-refractivity contribution is 9.11. The van der Waals surface area contributed by atoms with Gasteiger partial charge in [0.15, 0.2) is 5.75 Å². The van der Waals surface area contributed by atoms with Gasteiger partial charge < -0.3 is 15.2 Å². The van der Waals surface area contributed by atoms with Crippen LogP contribution in [0.25, 0.3) is 10.9 Å². The maximum atomic E-state index is 13.4. The van der Waals surface area contributed by atoms with E-state index in [1.165, 1.54) is 42.5 Å². The lowest BCUT2D eigenvalue weighted by atomic mass is 10.2. The van der Waals surface area contributed by atoms with Gasteiger partial charge in [0.05, 0.1) is 29.7 Å². The molecule has 2 N–H and O–H groups in total. The second kappa shape index (κ2) is 9.91. The molecule has 0 aliphatic rings. The summed E-state index contributed by atoms with van der Waals surface area (Å²) in [6.45, 7) is 5.55. The van der Waals surface area contributed by atoms with Crippen molar-refractivity contribution in [2.45, 2.75) is 18.1 Å². The first kappa shape index (κ1) is 25.7. The molecule has 1 atom stereocenters. The summed E-state index contributed by atoms with van der Waals surface area (Å²) in [4.78, 5) is 10.6. The van der Waals surface area contributed by atoms with Crippen molar-refractivity contribution in [3.8, 4) is 11.6 Å². The lowest BCUT2D eigenvalue weighted by molar-refractivity contribution is -0.385. The highest BCUT2D eigenvalue weighted by Crippen LogP contribution is 2.38. The van der Waals surface area contributed by atoms with E-state index in [1.807, 2.05) is 6.92 Å². The van der Waals surface area contributed by atoms with Gasteiger partial charge in [0.1, 0.15) is 0 Å². The topological polar surface area (TPSA) is 140 Å². The maximum Gasteiger partial charge on any atom is 0.283 e. The van der Waals surface area contributed by atoms with E-state index in [0.717, 1.165) is 9.65 Å². The number of nitro benzene ring substituents is 1. The highest BCUT2D eigenvalue weighted by Gasteiger charge is 2.26. The van der Waals surface area contributed by atoms with Crippen LogP contribution in [0.5, 0.6) is 11.6 Å². The van der Waals surface area contributed by atoms with Crippen LogP contribution < -0.4 is 15.2 Å². The number of hydrogen-bond donors (Lipinski definition) is 1. The molecule has 0 amide bonds. The number of aromatic nitrogens is 2. The molecule has 4 rings (SSSR count). The molecule has 0 aliphatic carbocycles. The molecule has 0 radical (unpaired) electrons. The fourth-order valence-electron chi connectivity index (χ4n) is 3.27. The summed E-state index contributed by atoms with van der Waals surface area (Å²) in [7, 11) is -4.06. The van der Waals surface area contributed by atoms with E-state index in [-0.39, 0.29) is 27.7 Å². The second-order valence-electron chi connectivity index (χ2n) is 7.58. The molecule has 0 saturated carbocycles. The number of halogens is 2. The van der Waals surface area contributed by atoms with E-state index in [4.69, 9.17) is 15.2 Å². The largest absolute Gasteiger partial charge is 0.449 e. The predicted octanol–water partition coefficient (Wildman–Crippen LogP) is 5.57. The number of fused-ring (bicyclic) bond motifs is 1. The number of rotatable bonds is 8. The van der Waals surface area contributed by atoms with Crippen LogP contribution >= 0.6 is 31.9 Å². The third kappa shape index (κ3) is 4.94. The summed E-state index contributed by atoms with van der Waals surface area (Å²) in [5.74, 6) is 0.146. The summed E-state index contributed by atoms with van der Waals surface area (Å²) >= 11 is 6.51. The first-order valence-corrected chi connectivity index (χ1v) is 13.2. The number of non-ortho nitro benzene ring substituents is 1. The Bertz CT molecular complexity index is 1580. The van der Waals surface area contributed by atoms with Gasteiger partial charge in [-0.05, 0) is 75.2 Å². The van der Waals surface area contributed by atoms with Gasteiger partial charge in [-0.3, -0.25) is 10.1 Å². The molecule has 0 bridgehead atoms. The maximum absolute atomic E-state index is 13.4. The zero-order valence-electron chi connectivity index (χ0n) is 18.6. The number of hydrogen-bond acceptors (Lipinski definition) is 8. The van der Waals surface area contributed by atoms with Crippen LogP contribution in [0.2, 0.25) is 0 Å². The van der Waals surface area contributed by atoms with Crippen LogP contribution in [-0.4, -0.2) is 28.8 Å². The van der Waals surface area contributed by atoms with E-state index in [0.29, 0.717) is 20.0 Å². The first-order valence-electron chi connectivity index (χ1n) is 10.2. The molecule has 13 heteroatoms. The quantitative estimate of drug-likeness (QED) is 0.0870. The Hall–Kier alpha value is -3.42. The van der Waals surface area contributed by atoms with Crippen LogP contribution in [0.4, 0.5) is 11.4 Å². The summed E-state index contributed by atoms with van der Waals surface area (Å²) in [5.41, 5.74) is 7.32. The molecular weight excluding hydrogens is 620 g/mol. The van der Waals surface area contributed by atoms with E-state index >= 15 is 0 Å². The monoisotopic (exact) mass is 636 g/mol. The minimum Gasteiger partial charge on any atom is -0.449 e. The summed E-state index contributed by atoms with van der Waals surface area (Å²) in [5, 5.41) is 15.7. The average molecular weight is 638 g/mol. The minimum absolute atomic E-state index is 0.0520. The number of nitrogens with zero attached hydrogens (tertiary/aromatic N) is 3. The van der Waals surface area contributed by atoms with Crippen LogP contribution in [0.1, 0.15) is 5.56 Å². The number of ether oxygens (including phenoxy) is 2. The number of nitrogen functional groups attached to an aromatic ring is 1.